The first-order chi connectivity index (χ1) is 69.5. The molecule has 57 atom stereocenters. The molecule has 11 heterocycles. The van der Waals surface area contributed by atoms with Crippen molar-refractivity contribution < 1.29 is 296 Å². The first-order valence-corrected chi connectivity index (χ1v) is 47.0. The number of hydrogen-bond donors (Lipinski definition) is 35. The molecule has 0 aromatic rings. The van der Waals surface area contributed by atoms with Gasteiger partial charge in [-0.2, -0.15) is 0 Å². The summed E-state index contributed by atoms with van der Waals surface area (Å²) in [7, 11) is 0. The Kier molecular flexibility index (Phi) is 44.3. The maximum atomic E-state index is 13.3. The number of carbonyl (C=O) groups is 6. The predicted molar refractivity (Wildman–Crippen MR) is 453 cm³/mol. The smallest absolute Gasteiger partial charge is 0.332 e. The zero-order valence-electron chi connectivity index (χ0n) is 79.5. The van der Waals surface area contributed by atoms with Crippen molar-refractivity contribution in [2.75, 3.05) is 79.3 Å². The van der Waals surface area contributed by atoms with Crippen molar-refractivity contribution >= 4 is 36.6 Å². The molecule has 0 spiro atoms. The summed E-state index contributed by atoms with van der Waals surface area (Å²) in [6.07, 6.45) is -106. The molecule has 35 N–H and O–H groups in total. The minimum absolute atomic E-state index is 0.107. The number of aliphatic hydroxyl groups is 31. The van der Waals surface area contributed by atoms with Crippen molar-refractivity contribution in [3.05, 3.63) is 0 Å². The topological polar surface area (TPSA) is 990 Å². The molecule has 64 heteroatoms. The van der Waals surface area contributed by atoms with Crippen LogP contribution in [0.25, 0.3) is 0 Å². The average molecular weight is 2150 g/mol. The molecular weight excluding hydrogens is 2010 g/mol. The van der Waals surface area contributed by atoms with E-state index < -0.39 is 464 Å². The van der Waals surface area contributed by atoms with Crippen LogP contribution in [-0.2, 0) is 138 Å². The van der Waals surface area contributed by atoms with Crippen LogP contribution in [0.1, 0.15) is 54.4 Å². The van der Waals surface area contributed by atoms with Gasteiger partial charge in [0, 0.05) is 46.0 Å². The first-order valence-electron chi connectivity index (χ1n) is 47.0. The number of carbonyl (C=O) groups excluding carboxylic acids is 6. The van der Waals surface area contributed by atoms with Crippen molar-refractivity contribution in [2.24, 2.45) is 11.8 Å². The second kappa shape index (κ2) is 53.5. The Morgan fingerprint density at radius 2 is 0.653 bits per heavy atom. The molecule has 11 fully saturated rings. The fraction of sp³-hybridized carbons (Fsp3) is 0.928. The maximum absolute atomic E-state index is 13.3. The van der Waals surface area contributed by atoms with Crippen molar-refractivity contribution in [1.29, 1.82) is 0 Å². The van der Waals surface area contributed by atoms with Gasteiger partial charge >= 0.3 is 5.97 Å². The molecule has 22 unspecified atom stereocenters. The quantitative estimate of drug-likeness (QED) is 0.0199. The minimum Gasteiger partial charge on any atom is -0.433 e. The van der Waals surface area contributed by atoms with Gasteiger partial charge in [-0.15, -0.1) is 0 Å². The van der Waals surface area contributed by atoms with E-state index in [1.165, 1.54) is 13.8 Å². The Morgan fingerprint density at radius 1 is 0.327 bits per heavy atom. The van der Waals surface area contributed by atoms with Crippen molar-refractivity contribution in [3.63, 3.8) is 0 Å². The summed E-state index contributed by atoms with van der Waals surface area (Å²) in [5.41, 5.74) is 0. The summed E-state index contributed by atoms with van der Waals surface area (Å²) in [4.78, 5) is 75.8. The number of ether oxygens (including phenoxy) is 23. The lowest BCUT2D eigenvalue weighted by molar-refractivity contribution is -0.424. The fourth-order valence-electron chi connectivity index (χ4n) is 19.1. The summed E-state index contributed by atoms with van der Waals surface area (Å²) >= 11 is 0. The SMILES string of the molecule is CC(=O)NC1C(O)[C@H](O[C@@H]2OC(CO[C@]3(OC=O)C[C@@H](O)[C@@H](C)C([C@H](O)C(O)CO)O3)[C@H](O)C(O)[C@@H]2O)[C@H](CO)O[C@H]1O[C@@H]1C(O)[C@H](O)C(CO)O[C@@H]1OCC1O[C@@H](O[C@@H]2C(CO)O[C@@H](O[C@@H]3C(CO)O[C@@H](O)[C@@H](NC(C)=O)C3O)[C@@H](NC(C)=O)C2O)[C@H](O)C(O[C@H]2O[C@H](CO)[C@@H](O)C(O)C2O[C@@H]2OC(CO)[C@@H](O[C@@H]3OC(COC[C@]4(OC=O)C[C@@H](O)[C@@H](C)C([C@H](O)C(O)CO)O4)[C@H](O)C(O)[C@@H]3O)C(O)[C@@H]2NC(C)=O)[C@@H]1O. The standard InChI is InChI=1S/C83H138N4O60/c1-23-29(102)7-82(128-21-96,146-64(23)46(106)31(104)9-88)20-125-17-39-50(110)57(117)61(121)77(136-39)140-67-37(15-94)135-76(45(56(67)116)87-28(6)101)145-72-60(120)49(109)34(12-91)132-81(72)143-70-52(112)40(137-79(63(70)123)142-69-38(16-95)133-74(43(54(69)114)85-26(4)99)139-66-35(13-92)130-73(124)42(53(66)113)84-25(3)98)18-126-80-71(59(119)48(108)33(11-90)131-80)144-75-44(86-27(5)100)55(115)68(36(14-93)134-75)141-78-62(122)58(118)51(111)41(138-78)19-127-83(129-22-97)8-30(103)24(2)65(147-83)47(107)32(105)10-89/h21-24,29-81,88-95,102-124H,7-20H2,1-6H3,(H,84,98)(H,85,99)(H,86,100)(H,87,101)/t23-,24-,29-,30-,31?,32?,33?,34-,35?,36+,37?,38?,39?,40?,41?,42+,43+,44?,45+,46-,47-,48-,49-,50+,51+,52-,53?,54?,55?,56?,57?,58?,59?,60?,61+,62+,63-,64?,65?,66-,67-,68-,69-,70?,71-,72?,73-,74+,75+,76+,77+,78+,79+,80+,81-,82+,83+/m1/s1. The van der Waals surface area contributed by atoms with Gasteiger partial charge in [-0.3, -0.25) is 28.8 Å². The molecule has 0 aromatic carbocycles. The van der Waals surface area contributed by atoms with Crippen LogP contribution in [0.15, 0.2) is 0 Å². The van der Waals surface area contributed by atoms with Crippen LogP contribution in [0.3, 0.4) is 0 Å². The Hall–Kier alpha value is -5.26. The molecule has 0 aromatic heterocycles. The van der Waals surface area contributed by atoms with E-state index in [-0.39, 0.29) is 12.9 Å². The predicted octanol–water partition coefficient (Wildman–Crippen LogP) is -23.3. The second-order valence-corrected chi connectivity index (χ2v) is 37.6. The molecule has 147 heavy (non-hydrogen) atoms. The number of nitrogens with one attached hydrogen (secondary N) is 4. The van der Waals surface area contributed by atoms with Gasteiger partial charge in [-0.05, 0) is 0 Å². The van der Waals surface area contributed by atoms with Crippen LogP contribution in [0, 0.1) is 11.8 Å². The van der Waals surface area contributed by atoms with Crippen molar-refractivity contribution in [1.82, 2.24) is 21.3 Å². The third kappa shape index (κ3) is 27.7. The molecule has 4 amide bonds. The number of rotatable bonds is 44. The normalized spacial score (nSPS) is 47.2. The van der Waals surface area contributed by atoms with E-state index in [0.29, 0.717) is 0 Å². The molecular formula is C83H138N4O60. The fourth-order valence-corrected chi connectivity index (χ4v) is 19.1. The third-order valence-electron chi connectivity index (χ3n) is 27.3. The van der Waals surface area contributed by atoms with Gasteiger partial charge in [-0.25, -0.2) is 0 Å². The van der Waals surface area contributed by atoms with Gasteiger partial charge in [0.25, 0.3) is 12.9 Å². The highest BCUT2D eigenvalue weighted by Gasteiger charge is 2.64. The monoisotopic (exact) mass is 2150 g/mol. The Balaban J connectivity index is 0.880. The minimum atomic E-state index is -2.69. The molecule has 11 saturated heterocycles. The molecule has 11 rings (SSSR count). The van der Waals surface area contributed by atoms with Gasteiger partial charge in [0.2, 0.25) is 29.4 Å². The highest BCUT2D eigenvalue weighted by Crippen LogP contribution is 2.44. The lowest BCUT2D eigenvalue weighted by Gasteiger charge is -2.51. The van der Waals surface area contributed by atoms with Crippen LogP contribution in [0.5, 0.6) is 0 Å². The number of hydrogen-bond acceptors (Lipinski definition) is 60. The zero-order valence-corrected chi connectivity index (χ0v) is 79.5. The second-order valence-electron chi connectivity index (χ2n) is 37.6. The first kappa shape index (κ1) is 122. The van der Waals surface area contributed by atoms with Gasteiger partial charge in [0.15, 0.2) is 56.6 Å². The van der Waals surface area contributed by atoms with E-state index in [1.807, 2.05) is 0 Å². The molecule has 0 radical (unpaired) electrons. The molecule has 0 saturated carbocycles. The van der Waals surface area contributed by atoms with Gasteiger partial charge in [-0.1, -0.05) is 13.8 Å². The van der Waals surface area contributed by atoms with Gasteiger partial charge < -0.3 is 289 Å². The van der Waals surface area contributed by atoms with Gasteiger partial charge in [0.05, 0.1) is 104 Å². The van der Waals surface area contributed by atoms with Crippen LogP contribution in [-0.4, -0.2) is 611 Å². The zero-order chi connectivity index (χ0) is 108. The molecule has 850 valence electrons. The third-order valence-corrected chi connectivity index (χ3v) is 27.3. The molecule has 0 aliphatic carbocycles. The maximum Gasteiger partial charge on any atom is 0.332 e. The van der Waals surface area contributed by atoms with Crippen molar-refractivity contribution in [2.45, 2.75) is 391 Å². The lowest BCUT2D eigenvalue weighted by atomic mass is 9.85. The summed E-state index contributed by atoms with van der Waals surface area (Å²) in [5.74, 6) is -10.9. The van der Waals surface area contributed by atoms with Crippen LogP contribution in [0.4, 0.5) is 0 Å². The van der Waals surface area contributed by atoms with E-state index in [0.717, 1.165) is 27.7 Å². The molecule has 64 nitrogen and oxygen atoms in total. The number of amides is 4. The Morgan fingerprint density at radius 3 is 1.06 bits per heavy atom. The summed E-state index contributed by atoms with van der Waals surface area (Å²) < 4.78 is 136. The molecule has 11 aliphatic heterocycles. The van der Waals surface area contributed by atoms with E-state index in [1.54, 1.807) is 0 Å². The van der Waals surface area contributed by atoms with E-state index in [2.05, 4.69) is 21.3 Å². The largest absolute Gasteiger partial charge is 0.433 e. The highest BCUT2D eigenvalue weighted by molar-refractivity contribution is 5.74. The summed E-state index contributed by atoms with van der Waals surface area (Å²) in [6, 6.07) is -7.87. The number of aliphatic hydroxyl groups excluding tert-OH is 31. The van der Waals surface area contributed by atoms with Crippen LogP contribution >= 0.6 is 0 Å². The molecule has 11 aliphatic rings. The van der Waals surface area contributed by atoms with Crippen LogP contribution in [0.2, 0.25) is 0 Å². The lowest BCUT2D eigenvalue weighted by Crippen LogP contribution is -2.71. The highest BCUT2D eigenvalue weighted by atomic mass is 16.9. The van der Waals surface area contributed by atoms with Gasteiger partial charge in [0.1, 0.15) is 251 Å². The van der Waals surface area contributed by atoms with E-state index in [4.69, 9.17) is 109 Å². The van der Waals surface area contributed by atoms with E-state index >= 15 is 0 Å². The molecule has 0 bridgehead atoms. The average Bonchev–Trinajstić information content (AvgIpc) is 0.758. The van der Waals surface area contributed by atoms with E-state index in [9.17, 15) is 187 Å². The van der Waals surface area contributed by atoms with Crippen LogP contribution < -0.4 is 21.3 Å². The van der Waals surface area contributed by atoms with Crippen molar-refractivity contribution in [3.8, 4) is 0 Å². The Labute approximate surface area is 833 Å². The Bertz CT molecular complexity index is 4090. The summed E-state index contributed by atoms with van der Waals surface area (Å²) in [6.45, 7) is -7.28. The summed E-state index contributed by atoms with van der Waals surface area (Å²) in [5, 5.41) is 358.